The van der Waals surface area contributed by atoms with E-state index in [4.69, 9.17) is 23.7 Å². The Balaban J connectivity index is 2.40. The molecule has 0 aliphatic carbocycles. The second-order valence-corrected chi connectivity index (χ2v) is 8.08. The van der Waals surface area contributed by atoms with Crippen LogP contribution in [0.15, 0.2) is 22.7 Å². The first-order valence-corrected chi connectivity index (χ1v) is 10.7. The number of aryl methyl sites for hydroxylation is 1. The van der Waals surface area contributed by atoms with Crippen molar-refractivity contribution in [2.45, 2.75) is 58.4 Å². The fourth-order valence-electron chi connectivity index (χ4n) is 3.19. The Labute approximate surface area is 203 Å². The molecule has 0 aromatic heterocycles. The molecule has 1 aliphatic rings. The Morgan fingerprint density at radius 1 is 0.882 bits per heavy atom. The van der Waals surface area contributed by atoms with Crippen LogP contribution in [0, 0.1) is 6.92 Å². The van der Waals surface area contributed by atoms with Gasteiger partial charge in [0, 0.05) is 30.9 Å². The maximum atomic E-state index is 12.6. The Morgan fingerprint density at radius 2 is 1.44 bits per heavy atom. The summed E-state index contributed by atoms with van der Waals surface area (Å²) in [5, 5.41) is 2.50. The second kappa shape index (κ2) is 11.8. The molecule has 13 heteroatoms. The topological polar surface area (TPSA) is 153 Å². The summed E-state index contributed by atoms with van der Waals surface area (Å²) in [7, 11) is 1.05. The number of halogens is 1. The Kier molecular flexibility index (Phi) is 9.38. The average molecular weight is 546 g/mol. The molecule has 1 fully saturated rings. The Hall–Kier alpha value is -3.19. The Morgan fingerprint density at radius 3 is 1.97 bits per heavy atom. The number of hydrogen-bond acceptors (Lipinski definition) is 11. The van der Waals surface area contributed by atoms with E-state index in [1.807, 2.05) is 0 Å². The van der Waals surface area contributed by atoms with Crippen LogP contribution in [0.2, 0.25) is 0 Å². The average Bonchev–Trinajstić information content (AvgIpc) is 2.72. The van der Waals surface area contributed by atoms with Crippen LogP contribution in [0.1, 0.15) is 26.3 Å². The van der Waals surface area contributed by atoms with Crippen LogP contribution in [0.3, 0.4) is 0 Å². The van der Waals surface area contributed by atoms with Crippen molar-refractivity contribution in [3.8, 4) is 0 Å². The molecule has 12 nitrogen and oxygen atoms in total. The van der Waals surface area contributed by atoms with Crippen molar-refractivity contribution in [3.05, 3.63) is 28.2 Å². The van der Waals surface area contributed by atoms with Crippen molar-refractivity contribution in [2.75, 3.05) is 12.4 Å². The molecule has 0 spiro atoms. The number of carbonyl (C=O) groups is 5. The van der Waals surface area contributed by atoms with Gasteiger partial charge >= 0.3 is 30.0 Å². The van der Waals surface area contributed by atoms with Gasteiger partial charge in [0.15, 0.2) is 18.3 Å². The lowest BCUT2D eigenvalue weighted by atomic mass is 9.97. The first-order chi connectivity index (χ1) is 15.9. The lowest BCUT2D eigenvalue weighted by molar-refractivity contribution is -0.287. The SMILES string of the molecule is COC(=O)[C@H]1O[C@@H](OC(=O)Nc2ccc(Br)cc2C)[C@H](OC(C)=O)[C@@H](OC(C)=O)[C@@H]1OC(C)=O. The molecule has 1 heterocycles. The largest absolute Gasteiger partial charge is 0.467 e. The zero-order valence-corrected chi connectivity index (χ0v) is 20.6. The van der Waals surface area contributed by atoms with Crippen LogP contribution >= 0.6 is 15.9 Å². The highest BCUT2D eigenvalue weighted by Gasteiger charge is 2.56. The van der Waals surface area contributed by atoms with Crippen molar-refractivity contribution in [1.29, 1.82) is 0 Å². The summed E-state index contributed by atoms with van der Waals surface area (Å²) < 4.78 is 31.8. The second-order valence-electron chi connectivity index (χ2n) is 7.16. The summed E-state index contributed by atoms with van der Waals surface area (Å²) in [6, 6.07) is 5.05. The normalized spacial score (nSPS) is 23.8. The number of carbonyl (C=O) groups excluding carboxylic acids is 5. The highest BCUT2D eigenvalue weighted by Crippen LogP contribution is 2.30. The minimum Gasteiger partial charge on any atom is -0.467 e. The molecular weight excluding hydrogens is 522 g/mol. The number of ether oxygens (including phenoxy) is 6. The van der Waals surface area contributed by atoms with Crippen LogP contribution in [-0.2, 0) is 47.6 Å². The molecule has 0 radical (unpaired) electrons. The van der Waals surface area contributed by atoms with Gasteiger partial charge in [0.1, 0.15) is 0 Å². The Bertz CT molecular complexity index is 966. The first-order valence-electron chi connectivity index (χ1n) is 9.91. The van der Waals surface area contributed by atoms with E-state index in [2.05, 4.69) is 26.0 Å². The van der Waals surface area contributed by atoms with Gasteiger partial charge in [-0.25, -0.2) is 9.59 Å². The summed E-state index contributed by atoms with van der Waals surface area (Å²) in [5.74, 6) is -3.55. The highest BCUT2D eigenvalue weighted by molar-refractivity contribution is 9.10. The number of anilines is 1. The van der Waals surface area contributed by atoms with Gasteiger partial charge in [0.2, 0.25) is 12.4 Å². The van der Waals surface area contributed by atoms with E-state index in [1.54, 1.807) is 25.1 Å². The van der Waals surface area contributed by atoms with Crippen molar-refractivity contribution >= 4 is 51.6 Å². The predicted octanol–water partition coefficient (Wildman–Crippen LogP) is 2.00. The predicted molar refractivity (Wildman–Crippen MR) is 116 cm³/mol. The molecule has 0 bridgehead atoms. The first kappa shape index (κ1) is 27.1. The summed E-state index contributed by atoms with van der Waals surface area (Å²) >= 11 is 3.32. The van der Waals surface area contributed by atoms with Gasteiger partial charge in [-0.2, -0.15) is 0 Å². The molecule has 1 aromatic rings. The smallest absolute Gasteiger partial charge is 0.414 e. The summed E-state index contributed by atoms with van der Waals surface area (Å²) in [6.07, 6.45) is -9.13. The van der Waals surface area contributed by atoms with Crippen LogP contribution in [0.4, 0.5) is 10.5 Å². The van der Waals surface area contributed by atoms with Gasteiger partial charge in [-0.3, -0.25) is 19.7 Å². The summed E-state index contributed by atoms with van der Waals surface area (Å²) in [4.78, 5) is 60.2. The molecule has 1 amide bonds. The number of benzene rings is 1. The summed E-state index contributed by atoms with van der Waals surface area (Å²) in [6.45, 7) is 4.90. The van der Waals surface area contributed by atoms with Crippen molar-refractivity contribution in [2.24, 2.45) is 0 Å². The van der Waals surface area contributed by atoms with E-state index >= 15 is 0 Å². The molecule has 34 heavy (non-hydrogen) atoms. The van der Waals surface area contributed by atoms with E-state index in [0.29, 0.717) is 11.3 Å². The third-order valence-electron chi connectivity index (χ3n) is 4.48. The molecule has 5 atom stereocenters. The van der Waals surface area contributed by atoms with Gasteiger partial charge in [-0.15, -0.1) is 0 Å². The summed E-state index contributed by atoms with van der Waals surface area (Å²) in [5.41, 5.74) is 1.11. The minimum atomic E-state index is -1.74. The molecule has 1 aliphatic heterocycles. The standard InChI is InChI=1S/C21H24BrNO11/c1-9-8-13(22)6-7-14(9)23-21(28)34-20-18(32-12(4)26)16(31-11(3)25)15(30-10(2)24)17(33-20)19(27)29-5/h6-8,15-18,20H,1-5H3,(H,23,28)/t15-,16-,17-,18+,20-/m0/s1. The van der Waals surface area contributed by atoms with E-state index in [1.165, 1.54) is 0 Å². The van der Waals surface area contributed by atoms with E-state index < -0.39 is 60.7 Å². The lowest BCUT2D eigenvalue weighted by Crippen LogP contribution is -2.64. The van der Waals surface area contributed by atoms with Crippen LogP contribution in [0.25, 0.3) is 0 Å². The van der Waals surface area contributed by atoms with Gasteiger partial charge in [-0.05, 0) is 30.7 Å². The number of amides is 1. The molecule has 1 aromatic carbocycles. The molecular formula is C21H24BrNO11. The molecule has 2 rings (SSSR count). The number of esters is 4. The van der Waals surface area contributed by atoms with Crippen LogP contribution in [0.5, 0.6) is 0 Å². The van der Waals surface area contributed by atoms with Gasteiger partial charge < -0.3 is 28.4 Å². The van der Waals surface area contributed by atoms with E-state index in [0.717, 1.165) is 32.4 Å². The van der Waals surface area contributed by atoms with Gasteiger partial charge in [0.05, 0.1) is 7.11 Å². The van der Waals surface area contributed by atoms with Crippen LogP contribution in [-0.4, -0.2) is 67.8 Å². The number of nitrogens with one attached hydrogen (secondary N) is 1. The molecule has 0 unspecified atom stereocenters. The molecule has 1 N–H and O–H groups in total. The minimum absolute atomic E-state index is 0.409. The molecule has 0 saturated carbocycles. The van der Waals surface area contributed by atoms with Crippen molar-refractivity contribution in [3.63, 3.8) is 0 Å². The monoisotopic (exact) mass is 545 g/mol. The number of methoxy groups -OCH3 is 1. The number of hydrogen-bond donors (Lipinski definition) is 1. The fraction of sp³-hybridized carbons (Fsp3) is 0.476. The quantitative estimate of drug-likeness (QED) is 0.412. The third-order valence-corrected chi connectivity index (χ3v) is 4.98. The molecule has 1 saturated heterocycles. The maximum absolute atomic E-state index is 12.6. The highest BCUT2D eigenvalue weighted by atomic mass is 79.9. The number of rotatable bonds is 6. The lowest BCUT2D eigenvalue weighted by Gasteiger charge is -2.42. The third kappa shape index (κ3) is 7.15. The van der Waals surface area contributed by atoms with Crippen LogP contribution < -0.4 is 5.32 Å². The maximum Gasteiger partial charge on any atom is 0.414 e. The van der Waals surface area contributed by atoms with E-state index in [9.17, 15) is 24.0 Å². The van der Waals surface area contributed by atoms with Crippen molar-refractivity contribution in [1.82, 2.24) is 0 Å². The van der Waals surface area contributed by atoms with E-state index in [-0.39, 0.29) is 0 Å². The fourth-order valence-corrected chi connectivity index (χ4v) is 3.66. The molecule has 186 valence electrons. The van der Waals surface area contributed by atoms with Gasteiger partial charge in [-0.1, -0.05) is 15.9 Å². The van der Waals surface area contributed by atoms with Gasteiger partial charge in [0.25, 0.3) is 0 Å². The zero-order chi connectivity index (χ0) is 25.6. The zero-order valence-electron chi connectivity index (χ0n) is 19.0. The van der Waals surface area contributed by atoms with Crippen molar-refractivity contribution < 1.29 is 52.4 Å².